The van der Waals surface area contributed by atoms with Crippen molar-refractivity contribution in [2.75, 3.05) is 0 Å². The Hall–Kier alpha value is -1.33. The highest BCUT2D eigenvalue weighted by Gasteiger charge is 2.18. The first-order valence-corrected chi connectivity index (χ1v) is 3.42. The second-order valence-electron chi connectivity index (χ2n) is 2.68. The summed E-state index contributed by atoms with van der Waals surface area (Å²) in [5.41, 5.74) is 5.67. The number of hydrogen-bond acceptors (Lipinski definition) is 2. The Labute approximate surface area is 66.3 Å². The molecule has 0 bridgehead atoms. The molecule has 56 valence electrons. The summed E-state index contributed by atoms with van der Waals surface area (Å²) in [7, 11) is 0. The van der Waals surface area contributed by atoms with Gasteiger partial charge in [0.1, 0.15) is 5.54 Å². The molecule has 0 spiro atoms. The largest absolute Gasteiger partial charge is 0.310 e. The van der Waals surface area contributed by atoms with Gasteiger partial charge in [0.2, 0.25) is 0 Å². The Bertz CT molecular complexity index is 269. The van der Waals surface area contributed by atoms with Crippen LogP contribution in [0, 0.1) is 11.3 Å². The van der Waals surface area contributed by atoms with Crippen LogP contribution >= 0.6 is 0 Å². The molecule has 2 nitrogen and oxygen atoms in total. The van der Waals surface area contributed by atoms with Crippen LogP contribution in [0.25, 0.3) is 0 Å². The summed E-state index contributed by atoms with van der Waals surface area (Å²) >= 11 is 0. The average Bonchev–Trinajstić information content (AvgIpc) is 2.06. The molecule has 11 heavy (non-hydrogen) atoms. The summed E-state index contributed by atoms with van der Waals surface area (Å²) in [4.78, 5) is 0. The summed E-state index contributed by atoms with van der Waals surface area (Å²) < 4.78 is 0. The van der Waals surface area contributed by atoms with E-state index in [1.54, 1.807) is 6.92 Å². The van der Waals surface area contributed by atoms with Gasteiger partial charge < -0.3 is 5.73 Å². The maximum Gasteiger partial charge on any atom is 0.126 e. The molecule has 0 aromatic heterocycles. The number of rotatable bonds is 1. The molecule has 1 atom stereocenters. The van der Waals surface area contributed by atoms with E-state index < -0.39 is 5.54 Å². The molecule has 0 aliphatic heterocycles. The number of nitrogens with two attached hydrogens (primary N) is 1. The molecule has 1 rings (SSSR count). The quantitative estimate of drug-likeness (QED) is 0.650. The molecule has 0 radical (unpaired) electrons. The molecule has 0 fully saturated rings. The Morgan fingerprint density at radius 2 is 1.91 bits per heavy atom. The molecular weight excluding hydrogens is 136 g/mol. The third-order valence-corrected chi connectivity index (χ3v) is 1.61. The molecule has 1 aromatic rings. The monoisotopic (exact) mass is 146 g/mol. The number of nitrogens with zero attached hydrogens (tertiary/aromatic N) is 1. The fraction of sp³-hybridized carbons (Fsp3) is 0.222. The van der Waals surface area contributed by atoms with Crippen LogP contribution in [0.2, 0.25) is 0 Å². The van der Waals surface area contributed by atoms with Crippen molar-refractivity contribution in [3.05, 3.63) is 35.9 Å². The molecule has 0 saturated heterocycles. The highest BCUT2D eigenvalue weighted by Crippen LogP contribution is 2.14. The Morgan fingerprint density at radius 3 is 2.36 bits per heavy atom. The van der Waals surface area contributed by atoms with Gasteiger partial charge in [0.25, 0.3) is 0 Å². The van der Waals surface area contributed by atoms with E-state index in [4.69, 9.17) is 11.0 Å². The first-order chi connectivity index (χ1) is 5.17. The fourth-order valence-corrected chi connectivity index (χ4v) is 0.849. The first kappa shape index (κ1) is 7.77. The molecule has 0 amide bonds. The summed E-state index contributed by atoms with van der Waals surface area (Å²) in [6, 6.07) is 11.4. The molecule has 2 heteroatoms. The van der Waals surface area contributed by atoms with Crippen molar-refractivity contribution in [1.82, 2.24) is 0 Å². The molecule has 1 aromatic carbocycles. The Balaban J connectivity index is 3.05. The minimum absolute atomic E-state index is 0.850. The minimum atomic E-state index is -0.860. The van der Waals surface area contributed by atoms with Crippen LogP contribution in [0.5, 0.6) is 0 Å². The van der Waals surface area contributed by atoms with Gasteiger partial charge in [-0.3, -0.25) is 0 Å². The Morgan fingerprint density at radius 1 is 1.36 bits per heavy atom. The van der Waals surface area contributed by atoms with E-state index in [2.05, 4.69) is 0 Å². The SMILES string of the molecule is CC(N)(C#N)c1ccccc1. The maximum atomic E-state index is 8.67. The molecular formula is C9H10N2. The van der Waals surface area contributed by atoms with Gasteiger partial charge in [0.05, 0.1) is 6.07 Å². The lowest BCUT2D eigenvalue weighted by atomic mass is 9.95. The van der Waals surface area contributed by atoms with Crippen molar-refractivity contribution in [3.8, 4) is 6.07 Å². The zero-order chi connectivity index (χ0) is 8.32. The van der Waals surface area contributed by atoms with E-state index in [9.17, 15) is 0 Å². The van der Waals surface area contributed by atoms with Gasteiger partial charge in [-0.1, -0.05) is 30.3 Å². The van der Waals surface area contributed by atoms with Crippen LogP contribution in [0.1, 0.15) is 12.5 Å². The number of benzene rings is 1. The van der Waals surface area contributed by atoms with Crippen LogP contribution in [0.4, 0.5) is 0 Å². The zero-order valence-corrected chi connectivity index (χ0v) is 6.41. The van der Waals surface area contributed by atoms with E-state index >= 15 is 0 Å². The molecule has 1 unspecified atom stereocenters. The molecule has 0 heterocycles. The first-order valence-electron chi connectivity index (χ1n) is 3.42. The van der Waals surface area contributed by atoms with Crippen molar-refractivity contribution in [2.45, 2.75) is 12.5 Å². The van der Waals surface area contributed by atoms with Crippen molar-refractivity contribution >= 4 is 0 Å². The van der Waals surface area contributed by atoms with Crippen molar-refractivity contribution in [2.24, 2.45) is 5.73 Å². The minimum Gasteiger partial charge on any atom is -0.310 e. The van der Waals surface area contributed by atoms with Gasteiger partial charge in [0, 0.05) is 0 Å². The van der Waals surface area contributed by atoms with Crippen LogP contribution in [-0.4, -0.2) is 0 Å². The van der Waals surface area contributed by atoms with Gasteiger partial charge >= 0.3 is 0 Å². The highest BCUT2D eigenvalue weighted by molar-refractivity contribution is 5.28. The third kappa shape index (κ3) is 1.57. The molecule has 0 aliphatic carbocycles. The van der Waals surface area contributed by atoms with Gasteiger partial charge in [-0.25, -0.2) is 0 Å². The maximum absolute atomic E-state index is 8.67. The normalized spacial score (nSPS) is 15.0. The van der Waals surface area contributed by atoms with E-state index in [0.717, 1.165) is 5.56 Å². The number of hydrogen-bond donors (Lipinski definition) is 1. The van der Waals surface area contributed by atoms with Gasteiger partial charge in [-0.15, -0.1) is 0 Å². The van der Waals surface area contributed by atoms with Gasteiger partial charge in [-0.2, -0.15) is 5.26 Å². The zero-order valence-electron chi connectivity index (χ0n) is 6.41. The Kier molecular flexibility index (Phi) is 1.93. The smallest absolute Gasteiger partial charge is 0.126 e. The lowest BCUT2D eigenvalue weighted by Crippen LogP contribution is -2.30. The van der Waals surface area contributed by atoms with Gasteiger partial charge in [-0.05, 0) is 12.5 Å². The van der Waals surface area contributed by atoms with E-state index in [1.807, 2.05) is 36.4 Å². The molecule has 0 aliphatic rings. The van der Waals surface area contributed by atoms with Gasteiger partial charge in [0.15, 0.2) is 0 Å². The fourth-order valence-electron chi connectivity index (χ4n) is 0.849. The predicted octanol–water partition coefficient (Wildman–Crippen LogP) is 1.38. The van der Waals surface area contributed by atoms with Crippen LogP contribution in [0.3, 0.4) is 0 Å². The van der Waals surface area contributed by atoms with Crippen LogP contribution < -0.4 is 5.73 Å². The lowest BCUT2D eigenvalue weighted by molar-refractivity contribution is 0.646. The van der Waals surface area contributed by atoms with Crippen molar-refractivity contribution in [1.29, 1.82) is 5.26 Å². The van der Waals surface area contributed by atoms with E-state index in [0.29, 0.717) is 0 Å². The van der Waals surface area contributed by atoms with E-state index in [-0.39, 0.29) is 0 Å². The van der Waals surface area contributed by atoms with E-state index in [1.165, 1.54) is 0 Å². The molecule has 2 N–H and O–H groups in total. The predicted molar refractivity (Wildman–Crippen MR) is 43.6 cm³/mol. The second-order valence-corrected chi connectivity index (χ2v) is 2.68. The van der Waals surface area contributed by atoms with Crippen LogP contribution in [-0.2, 0) is 5.54 Å². The summed E-state index contributed by atoms with van der Waals surface area (Å²) in [5.74, 6) is 0. The van der Waals surface area contributed by atoms with Crippen LogP contribution in [0.15, 0.2) is 30.3 Å². The number of nitriles is 1. The third-order valence-electron chi connectivity index (χ3n) is 1.61. The summed E-state index contributed by atoms with van der Waals surface area (Å²) in [6.45, 7) is 1.70. The second kappa shape index (κ2) is 2.73. The van der Waals surface area contributed by atoms with Crippen molar-refractivity contribution < 1.29 is 0 Å². The lowest BCUT2D eigenvalue weighted by Gasteiger charge is -2.14. The summed E-state index contributed by atoms with van der Waals surface area (Å²) in [6.07, 6.45) is 0. The highest BCUT2D eigenvalue weighted by atomic mass is 14.7. The molecule has 0 saturated carbocycles. The standard InChI is InChI=1S/C9H10N2/c1-9(11,7-10)8-5-3-2-4-6-8/h2-6H,11H2,1H3. The topological polar surface area (TPSA) is 49.8 Å². The average molecular weight is 146 g/mol. The summed E-state index contributed by atoms with van der Waals surface area (Å²) in [5, 5.41) is 8.67. The van der Waals surface area contributed by atoms with Crippen molar-refractivity contribution in [3.63, 3.8) is 0 Å².